The quantitative estimate of drug-likeness (QED) is 0.437. The zero-order valence-corrected chi connectivity index (χ0v) is 23.8. The van der Waals surface area contributed by atoms with Gasteiger partial charge in [0.1, 0.15) is 0 Å². The van der Waals surface area contributed by atoms with Crippen LogP contribution in [0.2, 0.25) is 0 Å². The topological polar surface area (TPSA) is 67.9 Å². The lowest BCUT2D eigenvalue weighted by molar-refractivity contribution is 0.0796. The van der Waals surface area contributed by atoms with Gasteiger partial charge in [0.2, 0.25) is 0 Å². The fourth-order valence-corrected chi connectivity index (χ4v) is 4.87. The molecule has 2 amide bonds. The first-order valence-corrected chi connectivity index (χ1v) is 13.7. The number of aryl methyl sites for hydroxylation is 1. The van der Waals surface area contributed by atoms with Crippen molar-refractivity contribution >= 4 is 17.5 Å². The first kappa shape index (κ1) is 28.3. The van der Waals surface area contributed by atoms with Crippen molar-refractivity contribution in [3.63, 3.8) is 0 Å². The van der Waals surface area contributed by atoms with Gasteiger partial charge in [0, 0.05) is 63.1 Å². The van der Waals surface area contributed by atoms with Crippen molar-refractivity contribution < 1.29 is 9.59 Å². The van der Waals surface area contributed by atoms with E-state index in [1.807, 2.05) is 76.5 Å². The van der Waals surface area contributed by atoms with Crippen molar-refractivity contribution in [3.05, 3.63) is 89.0 Å². The van der Waals surface area contributed by atoms with E-state index in [0.717, 1.165) is 66.2 Å². The molecule has 3 aromatic carbocycles. The van der Waals surface area contributed by atoms with E-state index in [4.69, 9.17) is 0 Å². The van der Waals surface area contributed by atoms with Crippen LogP contribution in [0.1, 0.15) is 44.8 Å². The number of benzene rings is 3. The molecule has 1 aliphatic rings. The molecule has 0 aliphatic carbocycles. The van der Waals surface area contributed by atoms with Crippen LogP contribution in [0, 0.1) is 6.92 Å². The summed E-state index contributed by atoms with van der Waals surface area (Å²) in [6, 6.07) is 21.9. The number of carbonyl (C=O) groups excluding carboxylic acids is 2. The first-order valence-electron chi connectivity index (χ1n) is 13.7. The highest BCUT2D eigenvalue weighted by Gasteiger charge is 2.19. The SMILES string of the molecule is CNCCN(C)C(=O)c1ccc(-c2cccc(C(C)NC(=O)c3cc(N4CCN(C)CC4)ccc3C)c2)cc1. The lowest BCUT2D eigenvalue weighted by Gasteiger charge is -2.34. The van der Waals surface area contributed by atoms with Gasteiger partial charge in [0.15, 0.2) is 0 Å². The van der Waals surface area contributed by atoms with E-state index in [2.05, 4.69) is 45.7 Å². The molecule has 1 unspecified atom stereocenters. The molecule has 0 aromatic heterocycles. The van der Waals surface area contributed by atoms with Gasteiger partial charge in [0.05, 0.1) is 6.04 Å². The van der Waals surface area contributed by atoms with Gasteiger partial charge in [-0.3, -0.25) is 9.59 Å². The monoisotopic (exact) mass is 527 g/mol. The molecule has 39 heavy (non-hydrogen) atoms. The molecule has 3 aromatic rings. The summed E-state index contributed by atoms with van der Waals surface area (Å²) in [6.45, 7) is 9.38. The standard InChI is InChI=1S/C32H41N5O2/c1-23-9-14-29(37-19-17-35(4)18-20-37)22-30(23)31(38)34-24(2)27-7-6-8-28(21-27)25-10-12-26(13-11-25)32(39)36(5)16-15-33-3/h6-14,21-22,24,33H,15-20H2,1-5H3,(H,34,38). The minimum atomic E-state index is -0.161. The Labute approximate surface area is 232 Å². The molecule has 0 saturated carbocycles. The number of hydrogen-bond acceptors (Lipinski definition) is 5. The summed E-state index contributed by atoms with van der Waals surface area (Å²) in [4.78, 5) is 32.4. The van der Waals surface area contributed by atoms with E-state index in [0.29, 0.717) is 12.1 Å². The van der Waals surface area contributed by atoms with Crippen LogP contribution in [0.4, 0.5) is 5.69 Å². The molecule has 4 rings (SSSR count). The molecule has 1 saturated heterocycles. The number of anilines is 1. The maximum atomic E-state index is 13.3. The largest absolute Gasteiger partial charge is 0.369 e. The van der Waals surface area contributed by atoms with Gasteiger partial charge >= 0.3 is 0 Å². The number of nitrogens with one attached hydrogen (secondary N) is 2. The minimum Gasteiger partial charge on any atom is -0.369 e. The Balaban J connectivity index is 1.44. The summed E-state index contributed by atoms with van der Waals surface area (Å²) in [5.74, 6) is -0.0551. The third-order valence-electron chi connectivity index (χ3n) is 7.58. The highest BCUT2D eigenvalue weighted by molar-refractivity contribution is 5.97. The van der Waals surface area contributed by atoms with E-state index < -0.39 is 0 Å². The summed E-state index contributed by atoms with van der Waals surface area (Å²) in [7, 11) is 5.84. The minimum absolute atomic E-state index is 0.00821. The number of likely N-dealkylation sites (N-methyl/N-ethyl adjacent to an activating group) is 3. The summed E-state index contributed by atoms with van der Waals surface area (Å²) in [5.41, 5.74) is 6.56. The second kappa shape index (κ2) is 12.9. The second-order valence-corrected chi connectivity index (χ2v) is 10.5. The average molecular weight is 528 g/mol. The molecule has 1 fully saturated rings. The van der Waals surface area contributed by atoms with Gasteiger partial charge < -0.3 is 25.3 Å². The van der Waals surface area contributed by atoms with Crippen molar-refractivity contribution in [1.29, 1.82) is 0 Å². The average Bonchev–Trinajstić information content (AvgIpc) is 2.96. The summed E-state index contributed by atoms with van der Waals surface area (Å²) in [6.07, 6.45) is 0. The van der Waals surface area contributed by atoms with Crippen molar-refractivity contribution in [1.82, 2.24) is 20.4 Å². The summed E-state index contributed by atoms with van der Waals surface area (Å²) >= 11 is 0. The van der Waals surface area contributed by atoms with Gasteiger partial charge in [-0.1, -0.05) is 36.4 Å². The third kappa shape index (κ3) is 7.05. The highest BCUT2D eigenvalue weighted by Crippen LogP contribution is 2.25. The summed E-state index contributed by atoms with van der Waals surface area (Å²) < 4.78 is 0. The van der Waals surface area contributed by atoms with Crippen molar-refractivity contribution in [2.75, 3.05) is 65.3 Å². The fourth-order valence-electron chi connectivity index (χ4n) is 4.87. The molecule has 0 spiro atoms. The first-order chi connectivity index (χ1) is 18.8. The summed E-state index contributed by atoms with van der Waals surface area (Å²) in [5, 5.41) is 6.27. The van der Waals surface area contributed by atoms with E-state index in [9.17, 15) is 9.59 Å². The zero-order chi connectivity index (χ0) is 27.9. The smallest absolute Gasteiger partial charge is 0.253 e. The maximum absolute atomic E-state index is 13.3. The lowest BCUT2D eigenvalue weighted by atomic mass is 9.98. The Bertz CT molecular complexity index is 1280. The number of amides is 2. The predicted octanol–water partition coefficient (Wildman–Crippen LogP) is 4.20. The molecule has 1 heterocycles. The fraction of sp³-hybridized carbons (Fsp3) is 0.375. The van der Waals surface area contributed by atoms with Gasteiger partial charge in [-0.2, -0.15) is 0 Å². The van der Waals surface area contributed by atoms with Crippen molar-refractivity contribution in [2.24, 2.45) is 0 Å². The van der Waals surface area contributed by atoms with Gasteiger partial charge in [-0.05, 0) is 80.5 Å². The van der Waals surface area contributed by atoms with Crippen LogP contribution < -0.4 is 15.5 Å². The number of rotatable bonds is 9. The number of nitrogens with zero attached hydrogens (tertiary/aromatic N) is 3. The van der Waals surface area contributed by atoms with E-state index in [-0.39, 0.29) is 17.9 Å². The molecular weight excluding hydrogens is 486 g/mol. The van der Waals surface area contributed by atoms with Crippen LogP contribution in [0.5, 0.6) is 0 Å². The van der Waals surface area contributed by atoms with Crippen LogP contribution in [-0.2, 0) is 0 Å². The van der Waals surface area contributed by atoms with Crippen LogP contribution in [-0.4, -0.2) is 82.0 Å². The van der Waals surface area contributed by atoms with Crippen LogP contribution in [0.25, 0.3) is 11.1 Å². The number of piperazine rings is 1. The third-order valence-corrected chi connectivity index (χ3v) is 7.58. The number of carbonyl (C=O) groups is 2. The molecule has 206 valence electrons. The molecule has 7 heteroatoms. The lowest BCUT2D eigenvalue weighted by Crippen LogP contribution is -2.44. The van der Waals surface area contributed by atoms with Crippen LogP contribution >= 0.6 is 0 Å². The molecular formula is C32H41N5O2. The zero-order valence-electron chi connectivity index (χ0n) is 23.8. The van der Waals surface area contributed by atoms with Crippen molar-refractivity contribution in [3.8, 4) is 11.1 Å². The van der Waals surface area contributed by atoms with Crippen LogP contribution in [0.3, 0.4) is 0 Å². The van der Waals surface area contributed by atoms with E-state index in [1.54, 1.807) is 4.90 Å². The van der Waals surface area contributed by atoms with Gasteiger partial charge in [0.25, 0.3) is 11.8 Å². The molecule has 0 radical (unpaired) electrons. The Morgan fingerprint density at radius 3 is 2.36 bits per heavy atom. The highest BCUT2D eigenvalue weighted by atomic mass is 16.2. The Hall–Kier alpha value is -3.68. The van der Waals surface area contributed by atoms with Gasteiger partial charge in [-0.25, -0.2) is 0 Å². The molecule has 0 bridgehead atoms. The maximum Gasteiger partial charge on any atom is 0.253 e. The Morgan fingerprint density at radius 1 is 0.949 bits per heavy atom. The Morgan fingerprint density at radius 2 is 1.67 bits per heavy atom. The second-order valence-electron chi connectivity index (χ2n) is 10.5. The van der Waals surface area contributed by atoms with E-state index in [1.165, 1.54) is 0 Å². The van der Waals surface area contributed by atoms with E-state index >= 15 is 0 Å². The molecule has 1 atom stereocenters. The Kier molecular flexibility index (Phi) is 9.38. The molecule has 2 N–H and O–H groups in total. The normalized spacial score (nSPS) is 14.6. The van der Waals surface area contributed by atoms with Gasteiger partial charge in [-0.15, -0.1) is 0 Å². The number of hydrogen-bond donors (Lipinski definition) is 2. The van der Waals surface area contributed by atoms with Crippen LogP contribution in [0.15, 0.2) is 66.7 Å². The predicted molar refractivity (Wildman–Crippen MR) is 160 cm³/mol. The van der Waals surface area contributed by atoms with Crippen molar-refractivity contribution in [2.45, 2.75) is 19.9 Å². The molecule has 1 aliphatic heterocycles. The molecule has 7 nitrogen and oxygen atoms in total.